The van der Waals surface area contributed by atoms with Crippen molar-refractivity contribution in [3.8, 4) is 5.75 Å². The zero-order chi connectivity index (χ0) is 13.7. The van der Waals surface area contributed by atoms with Crippen LogP contribution >= 0.6 is 0 Å². The fraction of sp³-hybridized carbons (Fsp3) is 0.600. The molecule has 1 unspecified atom stereocenters. The van der Waals surface area contributed by atoms with E-state index in [0.717, 1.165) is 18.6 Å². The Kier molecular flexibility index (Phi) is 5.19. The van der Waals surface area contributed by atoms with Gasteiger partial charge in [-0.1, -0.05) is 12.1 Å². The molecule has 2 N–H and O–H groups in total. The lowest BCUT2D eigenvalue weighted by atomic mass is 9.76. The van der Waals surface area contributed by atoms with Crippen LogP contribution in [0.4, 0.5) is 0 Å². The van der Waals surface area contributed by atoms with Crippen molar-refractivity contribution in [1.29, 1.82) is 0 Å². The summed E-state index contributed by atoms with van der Waals surface area (Å²) in [4.78, 5) is 0. The number of aliphatic hydroxyl groups excluding tert-OH is 1. The molecule has 0 saturated heterocycles. The van der Waals surface area contributed by atoms with Crippen LogP contribution in [0.5, 0.6) is 5.75 Å². The van der Waals surface area contributed by atoms with E-state index >= 15 is 0 Å². The molecule has 2 rings (SSSR count). The van der Waals surface area contributed by atoms with Crippen LogP contribution in [0.3, 0.4) is 0 Å². The molecule has 0 bridgehead atoms. The van der Waals surface area contributed by atoms with Gasteiger partial charge in [-0.15, -0.1) is 0 Å². The topological polar surface area (TPSA) is 50.7 Å². The van der Waals surface area contributed by atoms with Gasteiger partial charge in [0.05, 0.1) is 19.8 Å². The van der Waals surface area contributed by atoms with Crippen LogP contribution in [-0.4, -0.2) is 44.6 Å². The van der Waals surface area contributed by atoms with Crippen molar-refractivity contribution in [3.05, 3.63) is 29.8 Å². The second-order valence-corrected chi connectivity index (χ2v) is 5.16. The highest BCUT2D eigenvalue weighted by atomic mass is 16.5. The van der Waals surface area contributed by atoms with Gasteiger partial charge in [0.25, 0.3) is 0 Å². The second-order valence-electron chi connectivity index (χ2n) is 5.16. The molecule has 1 aromatic rings. The van der Waals surface area contributed by atoms with Gasteiger partial charge in [-0.2, -0.15) is 0 Å². The van der Waals surface area contributed by atoms with Crippen LogP contribution in [0.1, 0.15) is 24.3 Å². The molecule has 106 valence electrons. The molecule has 1 saturated carbocycles. The Labute approximate surface area is 114 Å². The summed E-state index contributed by atoms with van der Waals surface area (Å²) in [6, 6.07) is 8.78. The quantitative estimate of drug-likeness (QED) is 0.785. The van der Waals surface area contributed by atoms with E-state index in [4.69, 9.17) is 9.47 Å². The lowest BCUT2D eigenvalue weighted by molar-refractivity contribution is 0.0597. The smallest absolute Gasteiger partial charge is 0.119 e. The third kappa shape index (κ3) is 3.93. The molecule has 1 aliphatic rings. The number of nitrogens with one attached hydrogen (secondary N) is 1. The van der Waals surface area contributed by atoms with Gasteiger partial charge in [0.2, 0.25) is 0 Å². The lowest BCUT2D eigenvalue weighted by Gasteiger charge is -2.37. The van der Waals surface area contributed by atoms with Gasteiger partial charge in [0, 0.05) is 19.7 Å². The van der Waals surface area contributed by atoms with Crippen molar-refractivity contribution < 1.29 is 14.6 Å². The Hall–Kier alpha value is -1.10. The highest BCUT2D eigenvalue weighted by Crippen LogP contribution is 2.37. The molecule has 0 aliphatic heterocycles. The average Bonchev–Trinajstić information content (AvgIpc) is 2.37. The van der Waals surface area contributed by atoms with Crippen molar-refractivity contribution in [2.75, 3.05) is 27.4 Å². The van der Waals surface area contributed by atoms with Gasteiger partial charge in [-0.3, -0.25) is 0 Å². The van der Waals surface area contributed by atoms with Crippen molar-refractivity contribution in [3.63, 3.8) is 0 Å². The van der Waals surface area contributed by atoms with E-state index in [9.17, 15) is 5.11 Å². The minimum absolute atomic E-state index is 0.388. The molecular formula is C15H23NO3. The predicted octanol–water partition coefficient (Wildman–Crippen LogP) is 1.54. The Morgan fingerprint density at radius 2 is 2.16 bits per heavy atom. The van der Waals surface area contributed by atoms with E-state index in [2.05, 4.69) is 17.4 Å². The number of methoxy groups -OCH3 is 2. The monoisotopic (exact) mass is 265 g/mol. The van der Waals surface area contributed by atoms with E-state index in [1.54, 1.807) is 14.2 Å². The van der Waals surface area contributed by atoms with Crippen LogP contribution in [0, 0.1) is 0 Å². The molecule has 0 heterocycles. The number of aliphatic hydroxyl groups is 1. The zero-order valence-electron chi connectivity index (χ0n) is 11.6. The Balaban J connectivity index is 1.73. The summed E-state index contributed by atoms with van der Waals surface area (Å²) in [7, 11) is 3.30. The third-order valence-electron chi connectivity index (χ3n) is 3.70. The van der Waals surface area contributed by atoms with E-state index in [0.29, 0.717) is 25.1 Å². The summed E-state index contributed by atoms with van der Waals surface area (Å²) < 4.78 is 10.1. The van der Waals surface area contributed by atoms with Crippen LogP contribution in [0.25, 0.3) is 0 Å². The van der Waals surface area contributed by atoms with Crippen molar-refractivity contribution in [2.24, 2.45) is 0 Å². The van der Waals surface area contributed by atoms with Crippen molar-refractivity contribution in [2.45, 2.75) is 30.9 Å². The van der Waals surface area contributed by atoms with E-state index < -0.39 is 6.10 Å². The number of ether oxygens (including phenoxy) is 2. The molecular weight excluding hydrogens is 242 g/mol. The number of benzene rings is 1. The predicted molar refractivity (Wildman–Crippen MR) is 74.6 cm³/mol. The Morgan fingerprint density at radius 3 is 2.84 bits per heavy atom. The number of hydrogen-bond acceptors (Lipinski definition) is 4. The van der Waals surface area contributed by atoms with Gasteiger partial charge in [0.1, 0.15) is 5.75 Å². The molecule has 1 atom stereocenters. The van der Waals surface area contributed by atoms with E-state index in [1.165, 1.54) is 5.56 Å². The summed E-state index contributed by atoms with van der Waals surface area (Å²) in [5.41, 5.74) is 1.34. The van der Waals surface area contributed by atoms with Gasteiger partial charge in [-0.05, 0) is 36.5 Å². The first-order chi connectivity index (χ1) is 9.22. The maximum absolute atomic E-state index is 9.56. The third-order valence-corrected chi connectivity index (χ3v) is 3.70. The van der Waals surface area contributed by atoms with Crippen molar-refractivity contribution in [1.82, 2.24) is 5.32 Å². The second kappa shape index (κ2) is 6.89. The molecule has 1 fully saturated rings. The molecule has 4 nitrogen and oxygen atoms in total. The van der Waals surface area contributed by atoms with Crippen LogP contribution in [0.2, 0.25) is 0 Å². The molecule has 19 heavy (non-hydrogen) atoms. The summed E-state index contributed by atoms with van der Waals surface area (Å²) >= 11 is 0. The molecule has 0 aromatic heterocycles. The van der Waals surface area contributed by atoms with Gasteiger partial charge < -0.3 is 19.9 Å². The number of rotatable bonds is 7. The summed E-state index contributed by atoms with van der Waals surface area (Å²) in [5.74, 6) is 1.52. The molecule has 0 amide bonds. The minimum Gasteiger partial charge on any atom is -0.497 e. The highest BCUT2D eigenvalue weighted by molar-refractivity contribution is 5.32. The first-order valence-corrected chi connectivity index (χ1v) is 6.77. The lowest BCUT2D eigenvalue weighted by Crippen LogP contribution is -2.44. The van der Waals surface area contributed by atoms with Crippen molar-refractivity contribution >= 4 is 0 Å². The van der Waals surface area contributed by atoms with Crippen LogP contribution in [0.15, 0.2) is 24.3 Å². The van der Waals surface area contributed by atoms with Gasteiger partial charge in [-0.25, -0.2) is 0 Å². The number of hydrogen-bond donors (Lipinski definition) is 2. The Morgan fingerprint density at radius 1 is 1.37 bits per heavy atom. The molecule has 4 heteroatoms. The first kappa shape index (κ1) is 14.3. The minimum atomic E-state index is -0.416. The highest BCUT2D eigenvalue weighted by Gasteiger charge is 2.30. The Bertz CT molecular complexity index is 391. The van der Waals surface area contributed by atoms with E-state index in [-0.39, 0.29) is 0 Å². The molecule has 1 aliphatic carbocycles. The standard InChI is InChI=1S/C15H23NO3/c1-18-10-14(17)9-16-13-6-12(7-13)11-4-3-5-15(8-11)19-2/h3-5,8,12-14,16-17H,6-7,9-10H2,1-2H3. The fourth-order valence-electron chi connectivity index (χ4n) is 2.51. The maximum atomic E-state index is 9.56. The molecule has 1 aromatic carbocycles. The first-order valence-electron chi connectivity index (χ1n) is 6.77. The van der Waals surface area contributed by atoms with Gasteiger partial charge >= 0.3 is 0 Å². The molecule has 0 radical (unpaired) electrons. The van der Waals surface area contributed by atoms with Crippen LogP contribution < -0.4 is 10.1 Å². The average molecular weight is 265 g/mol. The maximum Gasteiger partial charge on any atom is 0.119 e. The zero-order valence-corrected chi connectivity index (χ0v) is 11.6. The summed E-state index contributed by atoms with van der Waals surface area (Å²) in [6.07, 6.45) is 1.82. The fourth-order valence-corrected chi connectivity index (χ4v) is 2.51. The SMILES string of the molecule is COCC(O)CNC1CC(c2cccc(OC)c2)C1. The largest absolute Gasteiger partial charge is 0.497 e. The van der Waals surface area contributed by atoms with Crippen LogP contribution in [-0.2, 0) is 4.74 Å². The molecule has 0 spiro atoms. The van der Waals surface area contributed by atoms with E-state index in [1.807, 2.05) is 12.1 Å². The summed E-state index contributed by atoms with van der Waals surface area (Å²) in [5, 5.41) is 12.9. The normalized spacial score (nSPS) is 23.7. The summed E-state index contributed by atoms with van der Waals surface area (Å²) in [6.45, 7) is 0.988. The van der Waals surface area contributed by atoms with Gasteiger partial charge in [0.15, 0.2) is 0 Å².